The number of aromatic nitrogens is 1. The van der Waals surface area contributed by atoms with Crippen LogP contribution in [0.3, 0.4) is 0 Å². The predicted octanol–water partition coefficient (Wildman–Crippen LogP) is -1.58. The van der Waals surface area contributed by atoms with Crippen LogP contribution < -0.4 is 21.6 Å². The highest BCUT2D eigenvalue weighted by Gasteiger charge is 2.70. The first-order valence-electron chi connectivity index (χ1n) is 10.1. The lowest BCUT2D eigenvalue weighted by Gasteiger charge is -2.32. The fourth-order valence-electron chi connectivity index (χ4n) is 4.18. The summed E-state index contributed by atoms with van der Waals surface area (Å²) >= 11 is 0. The maximum atomic E-state index is 13.2. The van der Waals surface area contributed by atoms with Gasteiger partial charge in [-0.05, 0) is 38.4 Å². The van der Waals surface area contributed by atoms with Crippen molar-refractivity contribution in [1.82, 2.24) is 19.9 Å². The van der Waals surface area contributed by atoms with Crippen molar-refractivity contribution in [1.29, 1.82) is 0 Å². The number of nitrogens with one attached hydrogen (secondary N) is 2. The Morgan fingerprint density at radius 3 is 2.77 bits per heavy atom. The number of pyridine rings is 1. The SMILES string of the molecule is C[C@H](NS(=O)(=O)c1cccnc1)C(=O)C1[C@H](C(=O)N(C)C2CCCNC2)C1(N)C=NN. The zero-order valence-corrected chi connectivity index (χ0v) is 18.4. The second-order valence-corrected chi connectivity index (χ2v) is 9.83. The molecule has 0 aromatic carbocycles. The van der Waals surface area contributed by atoms with Gasteiger partial charge in [-0.1, -0.05) is 0 Å². The number of Topliss-reactive ketones (excluding diaryl/α,β-unsaturated/α-hetero) is 1. The summed E-state index contributed by atoms with van der Waals surface area (Å²) in [6, 6.07) is 1.74. The van der Waals surface area contributed by atoms with Gasteiger partial charge in [-0.2, -0.15) is 5.10 Å². The number of piperidine rings is 1. The number of hydrogen-bond acceptors (Lipinski definition) is 9. The minimum atomic E-state index is -3.97. The van der Waals surface area contributed by atoms with Crippen LogP contribution in [0.2, 0.25) is 0 Å². The second kappa shape index (κ2) is 8.99. The maximum absolute atomic E-state index is 13.2. The summed E-state index contributed by atoms with van der Waals surface area (Å²) in [6.45, 7) is 2.99. The molecular formula is C19H29N7O4S. The Hall–Kier alpha value is -2.41. The number of carbonyl (C=O) groups is 2. The van der Waals surface area contributed by atoms with Crippen LogP contribution in [-0.4, -0.2) is 74.0 Å². The third-order valence-electron chi connectivity index (χ3n) is 6.04. The Morgan fingerprint density at radius 1 is 1.45 bits per heavy atom. The van der Waals surface area contributed by atoms with Gasteiger partial charge in [0.1, 0.15) is 4.90 Å². The Kier molecular flexibility index (Phi) is 6.74. The van der Waals surface area contributed by atoms with Gasteiger partial charge in [-0.25, -0.2) is 13.1 Å². The molecule has 2 aliphatic rings. The lowest BCUT2D eigenvalue weighted by molar-refractivity contribution is -0.135. The molecule has 0 radical (unpaired) electrons. The summed E-state index contributed by atoms with van der Waals surface area (Å²) in [7, 11) is -2.28. The van der Waals surface area contributed by atoms with Crippen molar-refractivity contribution < 1.29 is 18.0 Å². The fourth-order valence-corrected chi connectivity index (χ4v) is 5.36. The van der Waals surface area contributed by atoms with Crippen LogP contribution in [-0.2, 0) is 19.6 Å². The Morgan fingerprint density at radius 2 is 2.19 bits per heavy atom. The van der Waals surface area contributed by atoms with Crippen molar-refractivity contribution in [3.05, 3.63) is 24.5 Å². The van der Waals surface area contributed by atoms with E-state index in [0.29, 0.717) is 6.54 Å². The van der Waals surface area contributed by atoms with Crippen LogP contribution in [0.15, 0.2) is 34.5 Å². The average Bonchev–Trinajstić information content (AvgIpc) is 3.37. The van der Waals surface area contributed by atoms with Crippen molar-refractivity contribution in [3.63, 3.8) is 0 Å². The molecule has 1 saturated heterocycles. The molecule has 3 rings (SSSR count). The molecule has 0 bridgehead atoms. The molecule has 170 valence electrons. The highest BCUT2D eigenvalue weighted by Crippen LogP contribution is 2.49. The van der Waals surface area contributed by atoms with Gasteiger partial charge >= 0.3 is 0 Å². The van der Waals surface area contributed by atoms with Crippen molar-refractivity contribution >= 4 is 27.9 Å². The van der Waals surface area contributed by atoms with E-state index in [1.54, 1.807) is 11.9 Å². The molecule has 0 spiro atoms. The minimum absolute atomic E-state index is 0.00169. The summed E-state index contributed by atoms with van der Waals surface area (Å²) in [6.07, 6.45) is 5.63. The van der Waals surface area contributed by atoms with E-state index in [1.807, 2.05) is 0 Å². The number of sulfonamides is 1. The van der Waals surface area contributed by atoms with Gasteiger partial charge in [0.15, 0.2) is 5.78 Å². The van der Waals surface area contributed by atoms with E-state index in [2.05, 4.69) is 20.1 Å². The zero-order valence-electron chi connectivity index (χ0n) is 17.6. The predicted molar refractivity (Wildman–Crippen MR) is 114 cm³/mol. The molecule has 3 unspecified atom stereocenters. The molecule has 2 heterocycles. The van der Waals surface area contributed by atoms with Gasteiger partial charge in [0.25, 0.3) is 0 Å². The molecule has 5 atom stereocenters. The number of nitrogens with two attached hydrogens (primary N) is 2. The number of nitrogens with zero attached hydrogens (tertiary/aromatic N) is 3. The van der Waals surface area contributed by atoms with Gasteiger partial charge in [-0.15, -0.1) is 0 Å². The van der Waals surface area contributed by atoms with Crippen LogP contribution in [0.5, 0.6) is 0 Å². The first kappa shape index (κ1) is 23.3. The number of ketones is 1. The quantitative estimate of drug-likeness (QED) is 0.208. The topological polar surface area (TPSA) is 173 Å². The number of hydrogen-bond donors (Lipinski definition) is 4. The molecule has 31 heavy (non-hydrogen) atoms. The summed E-state index contributed by atoms with van der Waals surface area (Å²) in [5.41, 5.74) is 4.97. The number of amides is 1. The molecule has 2 fully saturated rings. The van der Waals surface area contributed by atoms with E-state index in [9.17, 15) is 18.0 Å². The molecule has 1 aromatic rings. The van der Waals surface area contributed by atoms with Crippen LogP contribution in [0.1, 0.15) is 19.8 Å². The minimum Gasteiger partial charge on any atom is -0.341 e. The van der Waals surface area contributed by atoms with Crippen LogP contribution >= 0.6 is 0 Å². The standard InChI is InChI=1S/C19H29N7O4S/c1-12(25-31(29,30)14-6-4-8-23-10-14)17(27)15-16(19(15,20)11-24-21)18(28)26(2)13-5-3-7-22-9-13/h4,6,8,10-13,15-16,22,25H,3,5,7,9,20-21H2,1-2H3/t12-,13?,15?,16+,19?/m0/s1. The van der Waals surface area contributed by atoms with Gasteiger partial charge in [0.2, 0.25) is 15.9 Å². The van der Waals surface area contributed by atoms with E-state index in [1.165, 1.54) is 37.7 Å². The van der Waals surface area contributed by atoms with Crippen LogP contribution in [0.25, 0.3) is 0 Å². The number of hydrazone groups is 1. The van der Waals surface area contributed by atoms with Crippen molar-refractivity contribution in [3.8, 4) is 0 Å². The summed E-state index contributed by atoms with van der Waals surface area (Å²) in [5, 5.41) is 6.70. The molecule has 1 saturated carbocycles. The van der Waals surface area contributed by atoms with Gasteiger partial charge in [-0.3, -0.25) is 14.6 Å². The number of carbonyl (C=O) groups excluding carboxylic acids is 2. The lowest BCUT2D eigenvalue weighted by atomic mass is 10.0. The van der Waals surface area contributed by atoms with Crippen molar-refractivity contribution in [2.45, 2.75) is 42.3 Å². The molecule has 1 aromatic heterocycles. The van der Waals surface area contributed by atoms with E-state index in [-0.39, 0.29) is 16.8 Å². The number of rotatable bonds is 8. The smallest absolute Gasteiger partial charge is 0.242 e. The van der Waals surface area contributed by atoms with E-state index < -0.39 is 39.2 Å². The van der Waals surface area contributed by atoms with E-state index in [0.717, 1.165) is 19.4 Å². The Labute approximate surface area is 181 Å². The van der Waals surface area contributed by atoms with Crippen molar-refractivity contribution in [2.75, 3.05) is 20.1 Å². The molecule has 1 aliphatic carbocycles. The largest absolute Gasteiger partial charge is 0.341 e. The highest BCUT2D eigenvalue weighted by molar-refractivity contribution is 7.89. The molecule has 1 amide bonds. The molecule has 12 heteroatoms. The summed E-state index contributed by atoms with van der Waals surface area (Å²) < 4.78 is 27.4. The Bertz CT molecular complexity index is 949. The molecule has 1 aliphatic heterocycles. The number of likely N-dealkylation sites (N-methyl/N-ethyl adjacent to an activating group) is 1. The van der Waals surface area contributed by atoms with Crippen molar-refractivity contribution in [2.24, 2.45) is 28.5 Å². The van der Waals surface area contributed by atoms with E-state index >= 15 is 0 Å². The lowest BCUT2D eigenvalue weighted by Crippen LogP contribution is -2.48. The summed E-state index contributed by atoms with van der Waals surface area (Å²) in [5.74, 6) is 2.71. The molecular weight excluding hydrogens is 422 g/mol. The first-order valence-corrected chi connectivity index (χ1v) is 11.6. The molecule has 11 nitrogen and oxygen atoms in total. The zero-order chi connectivity index (χ0) is 22.8. The Balaban J connectivity index is 1.76. The van der Waals surface area contributed by atoms with Gasteiger partial charge < -0.3 is 21.8 Å². The third kappa shape index (κ3) is 4.61. The second-order valence-electron chi connectivity index (χ2n) is 8.12. The van der Waals surface area contributed by atoms with Crippen LogP contribution in [0.4, 0.5) is 0 Å². The fraction of sp³-hybridized carbons (Fsp3) is 0.579. The maximum Gasteiger partial charge on any atom is 0.242 e. The monoisotopic (exact) mass is 451 g/mol. The van der Waals surface area contributed by atoms with Gasteiger partial charge in [0.05, 0.1) is 23.4 Å². The summed E-state index contributed by atoms with van der Waals surface area (Å²) in [4.78, 5) is 31.6. The van der Waals surface area contributed by atoms with Crippen LogP contribution in [0, 0.1) is 11.8 Å². The third-order valence-corrected chi connectivity index (χ3v) is 7.57. The molecule has 6 N–H and O–H groups in total. The average molecular weight is 452 g/mol. The normalized spacial score (nSPS) is 29.5. The first-order chi connectivity index (χ1) is 14.6. The van der Waals surface area contributed by atoms with E-state index in [4.69, 9.17) is 11.6 Å². The van der Waals surface area contributed by atoms with Gasteiger partial charge in [0, 0.05) is 38.2 Å². The highest BCUT2D eigenvalue weighted by atomic mass is 32.2.